The summed E-state index contributed by atoms with van der Waals surface area (Å²) >= 11 is 12.4. The molecule has 1 heterocycles. The van der Waals surface area contributed by atoms with Crippen LogP contribution in [-0.2, 0) is 5.41 Å². The van der Waals surface area contributed by atoms with Gasteiger partial charge in [0.25, 0.3) is 0 Å². The van der Waals surface area contributed by atoms with Gasteiger partial charge in [0, 0.05) is 12.4 Å². The first-order valence-electron chi connectivity index (χ1n) is 6.28. The van der Waals surface area contributed by atoms with Crippen molar-refractivity contribution in [2.24, 2.45) is 0 Å². The normalized spacial score (nSPS) is 11.8. The van der Waals surface area contributed by atoms with Gasteiger partial charge in [-0.15, -0.1) is 0 Å². The SMILES string of the molecule is CCCCCCC(C)(C)c1c(Cl)cncc1Cl. The molecule has 1 aromatic heterocycles. The fourth-order valence-corrected chi connectivity index (χ4v) is 3.05. The minimum atomic E-state index is 0.0187. The van der Waals surface area contributed by atoms with Gasteiger partial charge in [-0.1, -0.05) is 69.7 Å². The third-order valence-corrected chi connectivity index (χ3v) is 3.76. The van der Waals surface area contributed by atoms with Crippen molar-refractivity contribution in [1.82, 2.24) is 4.98 Å². The quantitative estimate of drug-likeness (QED) is 0.612. The lowest BCUT2D eigenvalue weighted by molar-refractivity contribution is 0.446. The molecule has 3 heteroatoms. The van der Waals surface area contributed by atoms with Crippen LogP contribution in [0.25, 0.3) is 0 Å². The molecule has 1 rings (SSSR count). The molecule has 1 aromatic rings. The first-order valence-corrected chi connectivity index (χ1v) is 7.04. The molecule has 0 fully saturated rings. The summed E-state index contributed by atoms with van der Waals surface area (Å²) < 4.78 is 0. The molecule has 0 aromatic carbocycles. The molecule has 0 spiro atoms. The van der Waals surface area contributed by atoms with E-state index < -0.39 is 0 Å². The maximum absolute atomic E-state index is 6.21. The molecule has 0 amide bonds. The van der Waals surface area contributed by atoms with Crippen molar-refractivity contribution in [1.29, 1.82) is 0 Å². The van der Waals surface area contributed by atoms with Gasteiger partial charge >= 0.3 is 0 Å². The van der Waals surface area contributed by atoms with Gasteiger partial charge in [-0.05, 0) is 17.4 Å². The Bertz CT molecular complexity index is 341. The molecule has 0 bridgehead atoms. The Labute approximate surface area is 115 Å². The van der Waals surface area contributed by atoms with Gasteiger partial charge in [0.15, 0.2) is 0 Å². The summed E-state index contributed by atoms with van der Waals surface area (Å²) in [6.45, 7) is 6.62. The standard InChI is InChI=1S/C14H21Cl2N/c1-4-5-6-7-8-14(2,3)13-11(15)9-17-10-12(13)16/h9-10H,4-8H2,1-3H3. The summed E-state index contributed by atoms with van der Waals surface area (Å²) in [5, 5.41) is 1.36. The zero-order chi connectivity index (χ0) is 12.9. The van der Waals surface area contributed by atoms with Gasteiger partial charge in [-0.2, -0.15) is 0 Å². The average Bonchev–Trinajstić information content (AvgIpc) is 2.24. The smallest absolute Gasteiger partial charge is 0.0641 e. The van der Waals surface area contributed by atoms with Crippen molar-refractivity contribution in [3.05, 3.63) is 28.0 Å². The van der Waals surface area contributed by atoms with Gasteiger partial charge < -0.3 is 0 Å². The first kappa shape index (κ1) is 14.8. The Morgan fingerprint density at radius 3 is 2.18 bits per heavy atom. The van der Waals surface area contributed by atoms with Crippen molar-refractivity contribution in [3.63, 3.8) is 0 Å². The zero-order valence-electron chi connectivity index (χ0n) is 10.9. The number of unbranched alkanes of at least 4 members (excludes halogenated alkanes) is 3. The number of halogens is 2. The van der Waals surface area contributed by atoms with Crippen LogP contribution >= 0.6 is 23.2 Å². The van der Waals surface area contributed by atoms with Crippen LogP contribution in [0.5, 0.6) is 0 Å². The van der Waals surface area contributed by atoms with Crippen LogP contribution in [0.15, 0.2) is 12.4 Å². The summed E-state index contributed by atoms with van der Waals surface area (Å²) in [6.07, 6.45) is 9.52. The molecule has 0 aliphatic rings. The Kier molecular flexibility index (Phi) is 5.75. The van der Waals surface area contributed by atoms with Crippen molar-refractivity contribution in [2.75, 3.05) is 0 Å². The summed E-state index contributed by atoms with van der Waals surface area (Å²) in [5.41, 5.74) is 1.05. The molecular formula is C14H21Cl2N. The topological polar surface area (TPSA) is 12.9 Å². The Hall–Kier alpha value is -0.270. The fourth-order valence-electron chi connectivity index (χ4n) is 2.18. The van der Waals surface area contributed by atoms with E-state index in [0.29, 0.717) is 10.0 Å². The van der Waals surface area contributed by atoms with Gasteiger partial charge in [-0.25, -0.2) is 0 Å². The maximum Gasteiger partial charge on any atom is 0.0641 e. The van der Waals surface area contributed by atoms with Crippen LogP contribution in [0.4, 0.5) is 0 Å². The van der Waals surface area contributed by atoms with E-state index in [9.17, 15) is 0 Å². The number of nitrogens with zero attached hydrogens (tertiary/aromatic N) is 1. The summed E-state index contributed by atoms with van der Waals surface area (Å²) in [5.74, 6) is 0. The molecule has 0 aliphatic heterocycles. The van der Waals surface area contributed by atoms with E-state index in [1.54, 1.807) is 12.4 Å². The number of hydrogen-bond donors (Lipinski definition) is 0. The van der Waals surface area contributed by atoms with Gasteiger partial charge in [0.2, 0.25) is 0 Å². The molecule has 0 unspecified atom stereocenters. The van der Waals surface area contributed by atoms with Crippen LogP contribution in [0.3, 0.4) is 0 Å². The Balaban J connectivity index is 2.75. The molecule has 0 saturated carbocycles. The van der Waals surface area contributed by atoms with Gasteiger partial charge in [-0.3, -0.25) is 4.98 Å². The molecule has 0 atom stereocenters. The highest BCUT2D eigenvalue weighted by atomic mass is 35.5. The number of rotatable bonds is 6. The second kappa shape index (κ2) is 6.61. The van der Waals surface area contributed by atoms with Gasteiger partial charge in [0.05, 0.1) is 10.0 Å². The van der Waals surface area contributed by atoms with E-state index >= 15 is 0 Å². The van der Waals surface area contributed by atoms with Crippen molar-refractivity contribution >= 4 is 23.2 Å². The van der Waals surface area contributed by atoms with E-state index in [1.165, 1.54) is 25.7 Å². The lowest BCUT2D eigenvalue weighted by Crippen LogP contribution is -2.18. The van der Waals surface area contributed by atoms with Crippen LogP contribution in [-0.4, -0.2) is 4.98 Å². The minimum absolute atomic E-state index is 0.0187. The third kappa shape index (κ3) is 4.15. The molecule has 0 radical (unpaired) electrons. The predicted octanol–water partition coefficient (Wildman–Crippen LogP) is 5.64. The highest BCUT2D eigenvalue weighted by Crippen LogP contribution is 2.38. The zero-order valence-corrected chi connectivity index (χ0v) is 12.4. The number of aromatic nitrogens is 1. The molecule has 0 aliphatic carbocycles. The van der Waals surface area contributed by atoms with E-state index in [0.717, 1.165) is 12.0 Å². The monoisotopic (exact) mass is 273 g/mol. The molecule has 96 valence electrons. The van der Waals surface area contributed by atoms with Gasteiger partial charge in [0.1, 0.15) is 0 Å². The minimum Gasteiger partial charge on any atom is -0.262 e. The molecule has 0 saturated heterocycles. The van der Waals surface area contributed by atoms with Crippen LogP contribution in [0, 0.1) is 0 Å². The lowest BCUT2D eigenvalue weighted by Gasteiger charge is -2.27. The summed E-state index contributed by atoms with van der Waals surface area (Å²) in [4.78, 5) is 4.00. The molecule has 1 nitrogen and oxygen atoms in total. The third-order valence-electron chi connectivity index (χ3n) is 3.19. The fraction of sp³-hybridized carbons (Fsp3) is 0.643. The van der Waals surface area contributed by atoms with Crippen molar-refractivity contribution < 1.29 is 0 Å². The van der Waals surface area contributed by atoms with Crippen LogP contribution < -0.4 is 0 Å². The summed E-state index contributed by atoms with van der Waals surface area (Å²) in [7, 11) is 0. The second-order valence-electron chi connectivity index (χ2n) is 5.17. The van der Waals surface area contributed by atoms with Crippen molar-refractivity contribution in [3.8, 4) is 0 Å². The first-order chi connectivity index (χ1) is 7.99. The lowest BCUT2D eigenvalue weighted by atomic mass is 9.80. The second-order valence-corrected chi connectivity index (χ2v) is 5.99. The van der Waals surface area contributed by atoms with E-state index in [4.69, 9.17) is 23.2 Å². The van der Waals surface area contributed by atoms with Crippen molar-refractivity contribution in [2.45, 2.75) is 58.3 Å². The van der Waals surface area contributed by atoms with Crippen LogP contribution in [0.1, 0.15) is 58.4 Å². The predicted molar refractivity (Wildman–Crippen MR) is 76.0 cm³/mol. The van der Waals surface area contributed by atoms with E-state index in [2.05, 4.69) is 25.8 Å². The van der Waals surface area contributed by atoms with E-state index in [1.807, 2.05) is 0 Å². The molecular weight excluding hydrogens is 253 g/mol. The average molecular weight is 274 g/mol. The number of pyridine rings is 1. The Morgan fingerprint density at radius 2 is 1.65 bits per heavy atom. The molecule has 0 N–H and O–H groups in total. The number of hydrogen-bond acceptors (Lipinski definition) is 1. The van der Waals surface area contributed by atoms with E-state index in [-0.39, 0.29) is 5.41 Å². The maximum atomic E-state index is 6.21. The molecule has 17 heavy (non-hydrogen) atoms. The largest absolute Gasteiger partial charge is 0.262 e. The highest BCUT2D eigenvalue weighted by molar-refractivity contribution is 6.35. The summed E-state index contributed by atoms with van der Waals surface area (Å²) in [6, 6.07) is 0. The highest BCUT2D eigenvalue weighted by Gasteiger charge is 2.25. The van der Waals surface area contributed by atoms with Crippen LogP contribution in [0.2, 0.25) is 10.0 Å². The Morgan fingerprint density at radius 1 is 1.06 bits per heavy atom.